The zero-order valence-electron chi connectivity index (χ0n) is 8.60. The van der Waals surface area contributed by atoms with Gasteiger partial charge in [-0.3, -0.25) is 10.2 Å². The number of nitrogens with two attached hydrogens (primary N) is 1. The molecule has 0 fully saturated rings. The molecule has 0 heterocycles. The van der Waals surface area contributed by atoms with Crippen molar-refractivity contribution < 1.29 is 4.79 Å². The molecule has 0 aromatic carbocycles. The number of ketones is 1. The van der Waals surface area contributed by atoms with Crippen molar-refractivity contribution in [2.45, 2.75) is 39.2 Å². The highest BCUT2D eigenvalue weighted by atomic mass is 16.1. The van der Waals surface area contributed by atoms with Crippen LogP contribution in [-0.2, 0) is 4.79 Å². The van der Waals surface area contributed by atoms with Crippen LogP contribution >= 0.6 is 0 Å². The molecule has 0 aromatic heterocycles. The van der Waals surface area contributed by atoms with Gasteiger partial charge in [-0.25, -0.2) is 5.43 Å². The van der Waals surface area contributed by atoms with Crippen molar-refractivity contribution in [3.8, 4) is 0 Å². The third-order valence-electron chi connectivity index (χ3n) is 1.89. The highest BCUT2D eigenvalue weighted by molar-refractivity contribution is 5.81. The van der Waals surface area contributed by atoms with E-state index in [1.165, 1.54) is 0 Å². The van der Waals surface area contributed by atoms with Gasteiger partial charge in [0.1, 0.15) is 5.78 Å². The largest absolute Gasteiger partial charge is 0.330 e. The molecule has 4 N–H and O–H groups in total. The van der Waals surface area contributed by atoms with Gasteiger partial charge in [-0.05, 0) is 26.3 Å². The predicted molar refractivity (Wildman–Crippen MR) is 54.2 cm³/mol. The maximum atomic E-state index is 11.1. The molecule has 1 atom stereocenters. The first-order valence-electron chi connectivity index (χ1n) is 4.91. The molecule has 4 nitrogen and oxygen atoms in total. The molecule has 0 saturated carbocycles. The van der Waals surface area contributed by atoms with Gasteiger partial charge in [0.15, 0.2) is 0 Å². The van der Waals surface area contributed by atoms with Crippen LogP contribution in [-0.4, -0.2) is 24.9 Å². The van der Waals surface area contributed by atoms with Crippen LogP contribution in [0.2, 0.25) is 0 Å². The number of nitrogens with one attached hydrogen (secondary N) is 2. The molecule has 0 spiro atoms. The smallest absolute Gasteiger partial charge is 0.148 e. The Labute approximate surface area is 80.2 Å². The number of Topliss-reactive ketones (excluding diaryl/α,β-unsaturated/α-hetero) is 1. The minimum Gasteiger partial charge on any atom is -0.330 e. The molecular formula is C9H21N3O. The first kappa shape index (κ1) is 12.6. The van der Waals surface area contributed by atoms with E-state index in [2.05, 4.69) is 10.9 Å². The van der Waals surface area contributed by atoms with E-state index < -0.39 is 0 Å². The molecular weight excluding hydrogens is 166 g/mol. The highest BCUT2D eigenvalue weighted by Gasteiger charge is 2.11. The topological polar surface area (TPSA) is 67.2 Å². The average Bonchev–Trinajstić information content (AvgIpc) is 2.10. The first-order chi connectivity index (χ1) is 6.22. The molecule has 0 radical (unpaired) electrons. The second kappa shape index (κ2) is 8.16. The third-order valence-corrected chi connectivity index (χ3v) is 1.89. The van der Waals surface area contributed by atoms with Gasteiger partial charge in [0, 0.05) is 6.54 Å². The monoisotopic (exact) mass is 187 g/mol. The molecule has 13 heavy (non-hydrogen) atoms. The zero-order valence-corrected chi connectivity index (χ0v) is 8.60. The Balaban J connectivity index is 3.61. The number of hydrazine groups is 1. The maximum absolute atomic E-state index is 11.1. The van der Waals surface area contributed by atoms with Crippen molar-refractivity contribution in [3.05, 3.63) is 0 Å². The first-order valence-corrected chi connectivity index (χ1v) is 4.91. The fourth-order valence-electron chi connectivity index (χ4n) is 1.10. The second-order valence-corrected chi connectivity index (χ2v) is 3.12. The highest BCUT2D eigenvalue weighted by Crippen LogP contribution is 2.00. The summed E-state index contributed by atoms with van der Waals surface area (Å²) < 4.78 is 0. The van der Waals surface area contributed by atoms with Crippen LogP contribution in [0.3, 0.4) is 0 Å². The van der Waals surface area contributed by atoms with E-state index in [4.69, 9.17) is 5.73 Å². The summed E-state index contributed by atoms with van der Waals surface area (Å²) in [6.07, 6.45) is 2.84. The molecule has 0 unspecified atom stereocenters. The SMILES string of the molecule is CCNN[C@@H](CCCCN)C(C)=O. The quantitative estimate of drug-likeness (QED) is 0.375. The molecule has 78 valence electrons. The molecule has 4 heteroatoms. The molecule has 0 aliphatic rings. The van der Waals surface area contributed by atoms with Crippen LogP contribution < -0.4 is 16.6 Å². The average molecular weight is 187 g/mol. The molecule has 0 aliphatic carbocycles. The minimum atomic E-state index is -0.0634. The summed E-state index contributed by atoms with van der Waals surface area (Å²) >= 11 is 0. The molecule has 0 saturated heterocycles. The van der Waals surface area contributed by atoms with Crippen LogP contribution in [0.1, 0.15) is 33.1 Å². The lowest BCUT2D eigenvalue weighted by Crippen LogP contribution is -2.44. The Morgan fingerprint density at radius 2 is 2.15 bits per heavy atom. The number of carbonyl (C=O) groups is 1. The molecule has 0 aromatic rings. The number of hydrogen-bond acceptors (Lipinski definition) is 4. The molecule has 0 bridgehead atoms. The van der Waals surface area contributed by atoms with Gasteiger partial charge >= 0.3 is 0 Å². The molecule has 0 rings (SSSR count). The lowest BCUT2D eigenvalue weighted by molar-refractivity contribution is -0.119. The van der Waals surface area contributed by atoms with Crippen LogP contribution in [0.5, 0.6) is 0 Å². The van der Waals surface area contributed by atoms with Gasteiger partial charge in [0.2, 0.25) is 0 Å². The zero-order chi connectivity index (χ0) is 10.1. The molecule has 0 amide bonds. The van der Waals surface area contributed by atoms with E-state index >= 15 is 0 Å². The van der Waals surface area contributed by atoms with Crippen molar-refractivity contribution >= 4 is 5.78 Å². The van der Waals surface area contributed by atoms with Crippen molar-refractivity contribution in [2.75, 3.05) is 13.1 Å². The van der Waals surface area contributed by atoms with Crippen molar-refractivity contribution in [1.29, 1.82) is 0 Å². The van der Waals surface area contributed by atoms with E-state index in [0.717, 1.165) is 25.8 Å². The Morgan fingerprint density at radius 3 is 2.62 bits per heavy atom. The normalized spacial score (nSPS) is 12.8. The van der Waals surface area contributed by atoms with Crippen molar-refractivity contribution in [1.82, 2.24) is 10.9 Å². The van der Waals surface area contributed by atoms with Gasteiger partial charge < -0.3 is 5.73 Å². The number of unbranched alkanes of at least 4 members (excludes halogenated alkanes) is 1. The van der Waals surface area contributed by atoms with Crippen molar-refractivity contribution in [3.63, 3.8) is 0 Å². The summed E-state index contributed by atoms with van der Waals surface area (Å²) in [5.74, 6) is 0.179. The lowest BCUT2D eigenvalue weighted by atomic mass is 10.1. The van der Waals surface area contributed by atoms with Crippen molar-refractivity contribution in [2.24, 2.45) is 5.73 Å². The summed E-state index contributed by atoms with van der Waals surface area (Å²) in [6, 6.07) is -0.0634. The Hall–Kier alpha value is -0.450. The van der Waals surface area contributed by atoms with E-state index in [1.807, 2.05) is 6.92 Å². The van der Waals surface area contributed by atoms with Crippen LogP contribution in [0.4, 0.5) is 0 Å². The van der Waals surface area contributed by atoms with Crippen LogP contribution in [0, 0.1) is 0 Å². The second-order valence-electron chi connectivity index (χ2n) is 3.12. The Morgan fingerprint density at radius 1 is 1.46 bits per heavy atom. The summed E-state index contributed by atoms with van der Waals surface area (Å²) in [5.41, 5.74) is 11.3. The maximum Gasteiger partial charge on any atom is 0.148 e. The predicted octanol–water partition coefficient (Wildman–Crippen LogP) is 0.187. The fraction of sp³-hybridized carbons (Fsp3) is 0.889. The molecule has 0 aliphatic heterocycles. The van der Waals surface area contributed by atoms with Gasteiger partial charge in [-0.15, -0.1) is 0 Å². The summed E-state index contributed by atoms with van der Waals surface area (Å²) in [6.45, 7) is 5.12. The van der Waals surface area contributed by atoms with Gasteiger partial charge in [-0.1, -0.05) is 13.3 Å². The van der Waals surface area contributed by atoms with E-state index in [-0.39, 0.29) is 11.8 Å². The van der Waals surface area contributed by atoms with Gasteiger partial charge in [0.25, 0.3) is 0 Å². The minimum absolute atomic E-state index is 0.0634. The number of carbonyl (C=O) groups excluding carboxylic acids is 1. The lowest BCUT2D eigenvalue weighted by Gasteiger charge is -2.15. The Kier molecular flexibility index (Phi) is 7.88. The summed E-state index contributed by atoms with van der Waals surface area (Å²) in [5, 5.41) is 0. The number of hydrogen-bond donors (Lipinski definition) is 3. The Bertz CT molecular complexity index is 139. The number of rotatable bonds is 8. The van der Waals surface area contributed by atoms with E-state index in [0.29, 0.717) is 6.54 Å². The summed E-state index contributed by atoms with van der Waals surface area (Å²) in [7, 11) is 0. The van der Waals surface area contributed by atoms with E-state index in [9.17, 15) is 4.79 Å². The van der Waals surface area contributed by atoms with Crippen LogP contribution in [0.15, 0.2) is 0 Å². The standard InChI is InChI=1S/C9H21N3O/c1-3-11-12-9(8(2)13)6-4-5-7-10/h9,11-12H,3-7,10H2,1-2H3/t9-/m0/s1. The van der Waals surface area contributed by atoms with Gasteiger partial charge in [-0.2, -0.15) is 0 Å². The van der Waals surface area contributed by atoms with E-state index in [1.54, 1.807) is 6.92 Å². The third kappa shape index (κ3) is 6.69. The van der Waals surface area contributed by atoms with Gasteiger partial charge in [0.05, 0.1) is 6.04 Å². The fourth-order valence-corrected chi connectivity index (χ4v) is 1.10. The van der Waals surface area contributed by atoms with Crippen LogP contribution in [0.25, 0.3) is 0 Å². The summed E-state index contributed by atoms with van der Waals surface area (Å²) in [4.78, 5) is 11.1.